The smallest absolute Gasteiger partial charge is 0.222 e. The molecule has 1 N–H and O–H groups in total. The molecule has 0 spiro atoms. The zero-order valence-corrected chi connectivity index (χ0v) is 15.6. The van der Waals surface area contributed by atoms with Crippen LogP contribution < -0.4 is 10.2 Å². The number of hydrogen-bond acceptors (Lipinski definition) is 7. The topological polar surface area (TPSA) is 101 Å². The van der Waals surface area contributed by atoms with Crippen molar-refractivity contribution in [3.63, 3.8) is 0 Å². The highest BCUT2D eigenvalue weighted by atomic mass is 32.2. The number of nitrogens with zero attached hydrogens (tertiary/aromatic N) is 3. The average molecular weight is 380 g/mol. The van der Waals surface area contributed by atoms with Gasteiger partial charge < -0.3 is 15.0 Å². The molecule has 8 nitrogen and oxygen atoms in total. The second kappa shape index (κ2) is 6.77. The molecule has 0 unspecified atom stereocenters. The van der Waals surface area contributed by atoms with Crippen molar-refractivity contribution in [2.75, 3.05) is 36.1 Å². The molecule has 3 atom stereocenters. The summed E-state index contributed by atoms with van der Waals surface area (Å²) in [4.78, 5) is 14.4. The molecule has 1 aromatic rings. The van der Waals surface area contributed by atoms with E-state index in [1.54, 1.807) is 0 Å². The highest BCUT2D eigenvalue weighted by Crippen LogP contribution is 2.36. The van der Waals surface area contributed by atoms with Gasteiger partial charge in [0.05, 0.1) is 42.4 Å². The molecular weight excluding hydrogens is 356 g/mol. The fourth-order valence-corrected chi connectivity index (χ4v) is 5.48. The number of nitrogens with one attached hydrogen (secondary N) is 1. The van der Waals surface area contributed by atoms with E-state index in [0.29, 0.717) is 24.9 Å². The van der Waals surface area contributed by atoms with E-state index >= 15 is 0 Å². The van der Waals surface area contributed by atoms with E-state index < -0.39 is 9.84 Å². The lowest BCUT2D eigenvalue weighted by Gasteiger charge is -2.36. The Bertz CT molecular complexity index is 770. The summed E-state index contributed by atoms with van der Waals surface area (Å²) >= 11 is 0. The van der Waals surface area contributed by atoms with Crippen LogP contribution in [0.2, 0.25) is 0 Å². The Labute approximate surface area is 153 Å². The number of aryl methyl sites for hydroxylation is 1. The summed E-state index contributed by atoms with van der Waals surface area (Å²) in [6, 6.07) is 3.73. The minimum atomic E-state index is -2.92. The van der Waals surface area contributed by atoms with E-state index in [4.69, 9.17) is 4.74 Å². The summed E-state index contributed by atoms with van der Waals surface area (Å²) in [7, 11) is -2.92. The van der Waals surface area contributed by atoms with Crippen LogP contribution in [-0.4, -0.2) is 67.9 Å². The van der Waals surface area contributed by atoms with Crippen LogP contribution >= 0.6 is 0 Å². The fourth-order valence-electron chi connectivity index (χ4n) is 4.18. The summed E-state index contributed by atoms with van der Waals surface area (Å²) in [5.41, 5.74) is 0.901. The highest BCUT2D eigenvalue weighted by molar-refractivity contribution is 7.92. The van der Waals surface area contributed by atoms with Gasteiger partial charge in [0.1, 0.15) is 0 Å². The van der Waals surface area contributed by atoms with Gasteiger partial charge >= 0.3 is 0 Å². The number of amides is 1. The first-order valence-electron chi connectivity index (χ1n) is 9.06. The Hall–Kier alpha value is -1.74. The molecule has 3 aliphatic rings. The highest BCUT2D eigenvalue weighted by Gasteiger charge is 2.42. The molecule has 3 aliphatic heterocycles. The third kappa shape index (κ3) is 3.68. The first-order valence-corrected chi connectivity index (χ1v) is 10.9. The fraction of sp³-hybridized carbons (Fsp3) is 0.706. The zero-order chi connectivity index (χ0) is 18.3. The number of rotatable bonds is 4. The van der Waals surface area contributed by atoms with Crippen LogP contribution in [0, 0.1) is 18.8 Å². The SMILES string of the molecule is Cc1ccc(N2CC[C@@H]3[C@@H](CO[C@H]3CC(=O)NC3CS(=O)(=O)C3)C2)nn1. The standard InChI is InChI=1S/C17H24N4O4S/c1-11-2-3-16(20-19-11)21-5-4-14-12(7-21)8-25-15(14)6-17(22)18-13-9-26(23,24)10-13/h2-3,12-15H,4-10H2,1H3,(H,18,22)/t12-,14-,15+/m1/s1. The molecule has 0 saturated carbocycles. The maximum atomic E-state index is 12.2. The number of carbonyl (C=O) groups excluding carboxylic acids is 1. The second-order valence-electron chi connectivity index (χ2n) is 7.61. The molecule has 3 fully saturated rings. The number of fused-ring (bicyclic) bond motifs is 1. The van der Waals surface area contributed by atoms with E-state index in [1.165, 1.54) is 0 Å². The molecule has 142 valence electrons. The summed E-state index contributed by atoms with van der Waals surface area (Å²) in [6.45, 7) is 4.31. The maximum Gasteiger partial charge on any atom is 0.222 e. The van der Waals surface area contributed by atoms with E-state index in [-0.39, 0.29) is 29.6 Å². The lowest BCUT2D eigenvalue weighted by atomic mass is 9.83. The summed E-state index contributed by atoms with van der Waals surface area (Å²) in [5.74, 6) is 1.64. The Morgan fingerprint density at radius 3 is 2.85 bits per heavy atom. The van der Waals surface area contributed by atoms with Crippen molar-refractivity contribution in [3.8, 4) is 0 Å². The van der Waals surface area contributed by atoms with Gasteiger partial charge in [0, 0.05) is 19.0 Å². The van der Waals surface area contributed by atoms with Gasteiger partial charge in [-0.25, -0.2) is 8.42 Å². The van der Waals surface area contributed by atoms with Crippen molar-refractivity contribution < 1.29 is 17.9 Å². The van der Waals surface area contributed by atoms with E-state index in [0.717, 1.165) is 31.0 Å². The van der Waals surface area contributed by atoms with Crippen LogP contribution in [0.4, 0.5) is 5.82 Å². The predicted octanol–water partition coefficient (Wildman–Crippen LogP) is -0.0704. The number of anilines is 1. The average Bonchev–Trinajstić information content (AvgIpc) is 2.96. The van der Waals surface area contributed by atoms with Gasteiger partial charge in [-0.3, -0.25) is 4.79 Å². The van der Waals surface area contributed by atoms with Crippen molar-refractivity contribution in [2.24, 2.45) is 11.8 Å². The van der Waals surface area contributed by atoms with Gasteiger partial charge in [0.2, 0.25) is 5.91 Å². The number of hydrogen-bond donors (Lipinski definition) is 1. The summed E-state index contributed by atoms with van der Waals surface area (Å²) in [6.07, 6.45) is 1.18. The number of aromatic nitrogens is 2. The van der Waals surface area contributed by atoms with Crippen molar-refractivity contribution in [2.45, 2.75) is 31.9 Å². The van der Waals surface area contributed by atoms with E-state index in [9.17, 15) is 13.2 Å². The Kier molecular flexibility index (Phi) is 4.60. The van der Waals surface area contributed by atoms with E-state index in [1.807, 2.05) is 19.1 Å². The number of ether oxygens (including phenoxy) is 1. The Morgan fingerprint density at radius 1 is 1.35 bits per heavy atom. The molecule has 0 aliphatic carbocycles. The number of piperidine rings is 1. The second-order valence-corrected chi connectivity index (χ2v) is 9.76. The zero-order valence-electron chi connectivity index (χ0n) is 14.8. The quantitative estimate of drug-likeness (QED) is 0.780. The van der Waals surface area contributed by atoms with Gasteiger partial charge in [-0.1, -0.05) is 0 Å². The van der Waals surface area contributed by atoms with Crippen LogP contribution in [-0.2, 0) is 19.4 Å². The van der Waals surface area contributed by atoms with Crippen LogP contribution in [0.3, 0.4) is 0 Å². The van der Waals surface area contributed by atoms with Gasteiger partial charge in [-0.15, -0.1) is 5.10 Å². The Morgan fingerprint density at radius 2 is 2.15 bits per heavy atom. The van der Waals surface area contributed by atoms with E-state index in [2.05, 4.69) is 20.4 Å². The number of sulfone groups is 1. The molecule has 9 heteroatoms. The first kappa shape index (κ1) is 17.7. The van der Waals surface area contributed by atoms with Crippen LogP contribution in [0.15, 0.2) is 12.1 Å². The molecule has 0 radical (unpaired) electrons. The summed E-state index contributed by atoms with van der Waals surface area (Å²) < 4.78 is 28.3. The molecule has 4 heterocycles. The lowest BCUT2D eigenvalue weighted by molar-refractivity contribution is -0.124. The van der Waals surface area contributed by atoms with Gasteiger partial charge in [-0.05, 0) is 31.4 Å². The van der Waals surface area contributed by atoms with Gasteiger partial charge in [0.15, 0.2) is 15.7 Å². The maximum absolute atomic E-state index is 12.2. The predicted molar refractivity (Wildman–Crippen MR) is 95.5 cm³/mol. The molecule has 0 bridgehead atoms. The van der Waals surface area contributed by atoms with Crippen molar-refractivity contribution in [1.82, 2.24) is 15.5 Å². The monoisotopic (exact) mass is 380 g/mol. The molecule has 26 heavy (non-hydrogen) atoms. The van der Waals surface area contributed by atoms with Crippen LogP contribution in [0.5, 0.6) is 0 Å². The van der Waals surface area contributed by atoms with Gasteiger partial charge in [0.25, 0.3) is 0 Å². The van der Waals surface area contributed by atoms with Crippen molar-refractivity contribution >= 4 is 21.6 Å². The largest absolute Gasteiger partial charge is 0.377 e. The van der Waals surface area contributed by atoms with Crippen molar-refractivity contribution in [1.29, 1.82) is 0 Å². The van der Waals surface area contributed by atoms with Crippen molar-refractivity contribution in [3.05, 3.63) is 17.8 Å². The Balaban J connectivity index is 1.29. The van der Waals surface area contributed by atoms with Gasteiger partial charge in [-0.2, -0.15) is 5.10 Å². The molecular formula is C17H24N4O4S. The molecule has 0 aromatic carbocycles. The number of carbonyl (C=O) groups is 1. The normalized spacial score (nSPS) is 30.5. The summed E-state index contributed by atoms with van der Waals surface area (Å²) in [5, 5.41) is 11.2. The molecule has 4 rings (SSSR count). The first-order chi connectivity index (χ1) is 12.4. The lowest BCUT2D eigenvalue weighted by Crippen LogP contribution is -2.53. The minimum Gasteiger partial charge on any atom is -0.377 e. The third-order valence-corrected chi connectivity index (χ3v) is 7.38. The third-order valence-electron chi connectivity index (χ3n) is 5.56. The molecule has 3 saturated heterocycles. The van der Waals surface area contributed by atoms with Crippen LogP contribution in [0.25, 0.3) is 0 Å². The molecule has 1 amide bonds. The molecule has 1 aromatic heterocycles. The minimum absolute atomic E-state index is 0.0584. The van der Waals surface area contributed by atoms with Crippen LogP contribution in [0.1, 0.15) is 18.5 Å².